The molecule has 3 heteroatoms. The predicted octanol–water partition coefficient (Wildman–Crippen LogP) is 5.06. The lowest BCUT2D eigenvalue weighted by Gasteiger charge is -2.10. The van der Waals surface area contributed by atoms with Gasteiger partial charge in [-0.3, -0.25) is 0 Å². The summed E-state index contributed by atoms with van der Waals surface area (Å²) < 4.78 is 10.5. The fourth-order valence-corrected chi connectivity index (χ4v) is 4.25. The lowest BCUT2D eigenvalue weighted by Crippen LogP contribution is -2.30. The molecular weight excluding hydrogens is 290 g/mol. The van der Waals surface area contributed by atoms with E-state index >= 15 is 0 Å². The first-order chi connectivity index (χ1) is 10.6. The Morgan fingerprint density at radius 3 is 2.68 bits per heavy atom. The smallest absolute Gasteiger partial charge is 0.225 e. The van der Waals surface area contributed by atoms with Crippen LogP contribution >= 0.6 is 11.3 Å². The zero-order chi connectivity index (χ0) is 15.4. The Hall–Kier alpha value is -2.13. The third-order valence-electron chi connectivity index (χ3n) is 4.43. The van der Waals surface area contributed by atoms with Crippen molar-refractivity contribution in [3.05, 3.63) is 53.4 Å². The molecule has 0 aliphatic carbocycles. The molecule has 22 heavy (non-hydrogen) atoms. The van der Waals surface area contributed by atoms with Crippen molar-refractivity contribution in [2.24, 2.45) is 7.05 Å². The molecular formula is C19H18NOS+. The largest absolute Gasteiger partial charge is 0.463 e. The van der Waals surface area contributed by atoms with Crippen LogP contribution in [0.25, 0.3) is 31.6 Å². The van der Waals surface area contributed by atoms with Gasteiger partial charge in [0.1, 0.15) is 12.4 Å². The number of furan rings is 1. The number of benzene rings is 1. The van der Waals surface area contributed by atoms with Gasteiger partial charge in [-0.25, -0.2) is 4.57 Å². The summed E-state index contributed by atoms with van der Waals surface area (Å²) in [5, 5.41) is 1.23. The normalized spacial score (nSPS) is 11.6. The van der Waals surface area contributed by atoms with Crippen LogP contribution in [-0.2, 0) is 7.05 Å². The summed E-state index contributed by atoms with van der Waals surface area (Å²) in [5.41, 5.74) is 7.49. The van der Waals surface area contributed by atoms with Crippen LogP contribution in [0.2, 0.25) is 0 Å². The zero-order valence-corrected chi connectivity index (χ0v) is 14.0. The molecule has 4 aromatic rings. The summed E-state index contributed by atoms with van der Waals surface area (Å²) in [6.45, 7) is 6.54. The summed E-state index contributed by atoms with van der Waals surface area (Å²) in [6, 6.07) is 8.76. The van der Waals surface area contributed by atoms with Gasteiger partial charge in [-0.15, -0.1) is 11.3 Å². The number of pyridine rings is 1. The summed E-state index contributed by atoms with van der Waals surface area (Å²) in [7, 11) is 2.11. The number of fused-ring (bicyclic) bond motifs is 3. The summed E-state index contributed by atoms with van der Waals surface area (Å²) in [4.78, 5) is 0. The molecule has 3 heterocycles. The van der Waals surface area contributed by atoms with Gasteiger partial charge in [0.25, 0.3) is 0 Å². The molecule has 3 aromatic heterocycles. The van der Waals surface area contributed by atoms with Gasteiger partial charge in [0.15, 0.2) is 11.8 Å². The molecule has 0 unspecified atom stereocenters. The average molecular weight is 308 g/mol. The van der Waals surface area contributed by atoms with Gasteiger partial charge in [-0.1, -0.05) is 11.6 Å². The van der Waals surface area contributed by atoms with Crippen molar-refractivity contribution in [1.82, 2.24) is 0 Å². The fourth-order valence-electron chi connectivity index (χ4n) is 3.22. The minimum atomic E-state index is 1.00. The second-order valence-electron chi connectivity index (χ2n) is 5.98. The molecule has 0 aliphatic rings. The molecule has 0 aliphatic heterocycles. The second-order valence-corrected chi connectivity index (χ2v) is 7.07. The summed E-state index contributed by atoms with van der Waals surface area (Å²) >= 11 is 1.79. The van der Waals surface area contributed by atoms with Crippen LogP contribution < -0.4 is 4.57 Å². The van der Waals surface area contributed by atoms with Crippen molar-refractivity contribution in [2.45, 2.75) is 20.8 Å². The van der Waals surface area contributed by atoms with Gasteiger partial charge >= 0.3 is 0 Å². The molecule has 0 bridgehead atoms. The lowest BCUT2D eigenvalue weighted by molar-refractivity contribution is -0.659. The Balaban J connectivity index is 2.20. The Labute approximate surface area is 133 Å². The van der Waals surface area contributed by atoms with Gasteiger partial charge in [0, 0.05) is 6.07 Å². The molecule has 0 amide bonds. The highest BCUT2D eigenvalue weighted by molar-refractivity contribution is 7.25. The van der Waals surface area contributed by atoms with Crippen LogP contribution in [0.1, 0.15) is 16.7 Å². The van der Waals surface area contributed by atoms with E-state index in [1.165, 1.54) is 42.7 Å². The predicted molar refractivity (Wildman–Crippen MR) is 92.4 cm³/mol. The summed E-state index contributed by atoms with van der Waals surface area (Å²) in [5.74, 6) is 0. The summed E-state index contributed by atoms with van der Waals surface area (Å²) in [6.07, 6.45) is 3.93. The van der Waals surface area contributed by atoms with Gasteiger partial charge < -0.3 is 4.42 Å². The maximum atomic E-state index is 5.79. The zero-order valence-electron chi connectivity index (χ0n) is 13.2. The van der Waals surface area contributed by atoms with Crippen molar-refractivity contribution in [2.75, 3.05) is 0 Å². The van der Waals surface area contributed by atoms with Crippen molar-refractivity contribution < 1.29 is 8.98 Å². The number of hydrogen-bond donors (Lipinski definition) is 0. The van der Waals surface area contributed by atoms with Gasteiger partial charge in [-0.05, 0) is 44.0 Å². The maximum Gasteiger partial charge on any atom is 0.225 e. The van der Waals surface area contributed by atoms with E-state index in [4.69, 9.17) is 4.42 Å². The minimum Gasteiger partial charge on any atom is -0.463 e. The van der Waals surface area contributed by atoms with Crippen molar-refractivity contribution in [3.8, 4) is 11.3 Å². The second kappa shape index (κ2) is 4.68. The maximum absolute atomic E-state index is 5.79. The van der Waals surface area contributed by atoms with Crippen LogP contribution in [0.15, 0.2) is 41.1 Å². The quantitative estimate of drug-likeness (QED) is 0.449. The monoisotopic (exact) mass is 308 g/mol. The van der Waals surface area contributed by atoms with Gasteiger partial charge in [0.05, 0.1) is 21.2 Å². The van der Waals surface area contributed by atoms with E-state index in [1.54, 1.807) is 17.6 Å². The van der Waals surface area contributed by atoms with Crippen LogP contribution in [-0.4, -0.2) is 0 Å². The SMILES string of the molecule is Cc1cc(C)c(C)c(-c2c3c(cc[n+]2C)sc2ccoc23)c1. The number of rotatable bonds is 1. The standard InChI is InChI=1S/C19H18NOS/c1-11-9-12(2)13(3)14(10-11)18-17-15(5-7-20(18)4)22-16-6-8-21-19(16)17/h5-10H,1-4H3/q+1. The Morgan fingerprint density at radius 2 is 1.86 bits per heavy atom. The van der Waals surface area contributed by atoms with E-state index < -0.39 is 0 Å². The first-order valence-corrected chi connectivity index (χ1v) is 8.24. The highest BCUT2D eigenvalue weighted by Gasteiger charge is 2.23. The first kappa shape index (κ1) is 13.5. The number of hydrogen-bond acceptors (Lipinski definition) is 2. The fraction of sp³-hybridized carbons (Fsp3) is 0.211. The molecule has 1 aromatic carbocycles. The molecule has 0 saturated heterocycles. The molecule has 4 rings (SSSR count). The molecule has 110 valence electrons. The molecule has 0 radical (unpaired) electrons. The van der Waals surface area contributed by atoms with E-state index in [2.05, 4.69) is 62.8 Å². The number of thiophene rings is 1. The number of aryl methyl sites for hydroxylation is 3. The highest BCUT2D eigenvalue weighted by Crippen LogP contribution is 2.39. The van der Waals surface area contributed by atoms with E-state index in [1.807, 2.05) is 0 Å². The van der Waals surface area contributed by atoms with Gasteiger partial charge in [0.2, 0.25) is 5.69 Å². The minimum absolute atomic E-state index is 1.00. The topological polar surface area (TPSA) is 17.0 Å². The molecule has 0 fully saturated rings. The molecule has 0 N–H and O–H groups in total. The number of nitrogens with zero attached hydrogens (tertiary/aromatic N) is 1. The van der Waals surface area contributed by atoms with Crippen LogP contribution in [0, 0.1) is 20.8 Å². The van der Waals surface area contributed by atoms with Gasteiger partial charge in [-0.2, -0.15) is 0 Å². The number of aromatic nitrogens is 1. The van der Waals surface area contributed by atoms with E-state index in [-0.39, 0.29) is 0 Å². The van der Waals surface area contributed by atoms with E-state index in [0.29, 0.717) is 0 Å². The first-order valence-electron chi connectivity index (χ1n) is 7.43. The van der Waals surface area contributed by atoms with Crippen LogP contribution in [0.4, 0.5) is 0 Å². The molecule has 0 atom stereocenters. The Bertz CT molecular complexity index is 1020. The van der Waals surface area contributed by atoms with E-state index in [0.717, 1.165) is 5.58 Å². The Morgan fingerprint density at radius 1 is 1.05 bits per heavy atom. The van der Waals surface area contributed by atoms with Crippen LogP contribution in [0.5, 0.6) is 0 Å². The van der Waals surface area contributed by atoms with E-state index in [9.17, 15) is 0 Å². The molecule has 0 saturated carbocycles. The Kier molecular flexibility index (Phi) is 2.88. The lowest BCUT2D eigenvalue weighted by atomic mass is 9.96. The average Bonchev–Trinajstić information content (AvgIpc) is 3.04. The highest BCUT2D eigenvalue weighted by atomic mass is 32.1. The molecule has 2 nitrogen and oxygen atoms in total. The van der Waals surface area contributed by atoms with Crippen LogP contribution in [0.3, 0.4) is 0 Å². The van der Waals surface area contributed by atoms with Crippen molar-refractivity contribution >= 4 is 31.7 Å². The van der Waals surface area contributed by atoms with Crippen molar-refractivity contribution in [1.29, 1.82) is 0 Å². The third kappa shape index (κ3) is 1.82. The third-order valence-corrected chi connectivity index (χ3v) is 5.53. The van der Waals surface area contributed by atoms with Crippen molar-refractivity contribution in [3.63, 3.8) is 0 Å². The molecule has 0 spiro atoms.